The van der Waals surface area contributed by atoms with Crippen LogP contribution in [0.3, 0.4) is 0 Å². The molecule has 1 saturated carbocycles. The maximum absolute atomic E-state index is 13.3. The second-order valence-corrected chi connectivity index (χ2v) is 5.59. The van der Waals surface area contributed by atoms with Crippen LogP contribution in [0.2, 0.25) is 0 Å². The minimum atomic E-state index is -4.69. The third kappa shape index (κ3) is 5.07. The summed E-state index contributed by atoms with van der Waals surface area (Å²) in [7, 11) is 0. The quantitative estimate of drug-likeness (QED) is 0.816. The molecule has 1 aliphatic carbocycles. The van der Waals surface area contributed by atoms with Gasteiger partial charge < -0.3 is 11.1 Å². The second kappa shape index (κ2) is 7.97. The predicted octanol–water partition coefficient (Wildman–Crippen LogP) is 3.51. The van der Waals surface area contributed by atoms with Gasteiger partial charge in [0.2, 0.25) is 0 Å². The van der Waals surface area contributed by atoms with E-state index in [0.717, 1.165) is 31.7 Å². The highest BCUT2D eigenvalue weighted by atomic mass is 35.5. The van der Waals surface area contributed by atoms with Gasteiger partial charge in [0, 0.05) is 11.6 Å². The molecule has 0 bridgehead atoms. The van der Waals surface area contributed by atoms with Gasteiger partial charge in [0.15, 0.2) is 0 Å². The van der Waals surface area contributed by atoms with Gasteiger partial charge in [-0.15, -0.1) is 12.4 Å². The molecule has 1 aromatic rings. The average Bonchev–Trinajstić information content (AvgIpc) is 2.46. The van der Waals surface area contributed by atoms with Gasteiger partial charge in [-0.05, 0) is 43.5 Å². The fourth-order valence-electron chi connectivity index (χ4n) is 2.82. The van der Waals surface area contributed by atoms with Gasteiger partial charge >= 0.3 is 6.18 Å². The normalized spacial score (nSPS) is 21.4. The third-order valence-corrected chi connectivity index (χ3v) is 4.02. The van der Waals surface area contributed by atoms with E-state index in [4.69, 9.17) is 5.73 Å². The van der Waals surface area contributed by atoms with E-state index in [1.807, 2.05) is 0 Å². The number of halogens is 5. The molecule has 2 unspecified atom stereocenters. The molecule has 1 amide bonds. The molecule has 0 aromatic heterocycles. The third-order valence-electron chi connectivity index (χ3n) is 4.02. The number of benzene rings is 1. The number of rotatable bonds is 3. The monoisotopic (exact) mass is 354 g/mol. The van der Waals surface area contributed by atoms with Crippen molar-refractivity contribution in [2.24, 2.45) is 11.7 Å². The molecule has 0 aliphatic heterocycles. The van der Waals surface area contributed by atoms with Crippen LogP contribution in [-0.2, 0) is 6.18 Å². The average molecular weight is 355 g/mol. The Morgan fingerprint density at radius 2 is 1.87 bits per heavy atom. The molecule has 2 rings (SSSR count). The van der Waals surface area contributed by atoms with Crippen molar-refractivity contribution in [3.8, 4) is 0 Å². The summed E-state index contributed by atoms with van der Waals surface area (Å²) >= 11 is 0. The zero-order valence-electron chi connectivity index (χ0n) is 12.3. The Balaban J connectivity index is 0.00000264. The first-order valence-electron chi connectivity index (χ1n) is 7.20. The van der Waals surface area contributed by atoms with E-state index in [9.17, 15) is 22.4 Å². The number of alkyl halides is 3. The maximum Gasteiger partial charge on any atom is 0.416 e. The molecule has 3 N–H and O–H groups in total. The molecular weight excluding hydrogens is 336 g/mol. The van der Waals surface area contributed by atoms with Gasteiger partial charge in [-0.2, -0.15) is 13.2 Å². The lowest BCUT2D eigenvalue weighted by molar-refractivity contribution is -0.137. The highest BCUT2D eigenvalue weighted by Crippen LogP contribution is 2.30. The molecule has 1 aromatic carbocycles. The number of carbonyl (C=O) groups is 1. The molecule has 23 heavy (non-hydrogen) atoms. The SMILES string of the molecule is Cl.NCC1CCCCC1NC(=O)c1cc(F)cc(C(F)(F)F)c1. The molecule has 2 atom stereocenters. The van der Waals surface area contributed by atoms with Crippen molar-refractivity contribution in [3.05, 3.63) is 35.1 Å². The summed E-state index contributed by atoms with van der Waals surface area (Å²) < 4.78 is 51.4. The van der Waals surface area contributed by atoms with Crippen molar-refractivity contribution in [2.75, 3.05) is 6.54 Å². The van der Waals surface area contributed by atoms with Gasteiger partial charge in [-0.1, -0.05) is 12.8 Å². The number of nitrogens with two attached hydrogens (primary N) is 1. The summed E-state index contributed by atoms with van der Waals surface area (Å²) in [6.45, 7) is 0.405. The molecular formula is C15H19ClF4N2O. The molecule has 0 spiro atoms. The zero-order chi connectivity index (χ0) is 16.3. The fourth-order valence-corrected chi connectivity index (χ4v) is 2.82. The maximum atomic E-state index is 13.3. The van der Waals surface area contributed by atoms with E-state index < -0.39 is 23.5 Å². The Morgan fingerprint density at radius 3 is 2.48 bits per heavy atom. The van der Waals surface area contributed by atoms with Crippen molar-refractivity contribution in [1.29, 1.82) is 0 Å². The second-order valence-electron chi connectivity index (χ2n) is 5.59. The Kier molecular flexibility index (Phi) is 6.83. The van der Waals surface area contributed by atoms with Crippen LogP contribution in [0.1, 0.15) is 41.6 Å². The molecule has 0 radical (unpaired) electrons. The molecule has 1 fully saturated rings. The largest absolute Gasteiger partial charge is 0.416 e. The van der Waals surface area contributed by atoms with E-state index in [-0.39, 0.29) is 29.9 Å². The van der Waals surface area contributed by atoms with Crippen molar-refractivity contribution in [2.45, 2.75) is 37.9 Å². The van der Waals surface area contributed by atoms with Gasteiger partial charge in [-0.3, -0.25) is 4.79 Å². The van der Waals surface area contributed by atoms with Crippen LogP contribution in [0.5, 0.6) is 0 Å². The minimum absolute atomic E-state index is 0. The Bertz CT molecular complexity index is 551. The summed E-state index contributed by atoms with van der Waals surface area (Å²) in [6, 6.07) is 1.67. The first kappa shape index (κ1) is 19.7. The molecule has 3 nitrogen and oxygen atoms in total. The van der Waals surface area contributed by atoms with E-state index in [1.165, 1.54) is 0 Å². The Labute approximate surface area is 138 Å². The summed E-state index contributed by atoms with van der Waals surface area (Å²) in [4.78, 5) is 12.1. The number of nitrogens with one attached hydrogen (secondary N) is 1. The fraction of sp³-hybridized carbons (Fsp3) is 0.533. The Hall–Kier alpha value is -1.34. The van der Waals surface area contributed by atoms with Crippen LogP contribution >= 0.6 is 12.4 Å². The molecule has 130 valence electrons. The van der Waals surface area contributed by atoms with Gasteiger partial charge in [0.25, 0.3) is 5.91 Å². The number of carbonyl (C=O) groups excluding carboxylic acids is 1. The highest BCUT2D eigenvalue weighted by molar-refractivity contribution is 5.94. The van der Waals surface area contributed by atoms with Crippen LogP contribution in [0.25, 0.3) is 0 Å². The van der Waals surface area contributed by atoms with Gasteiger partial charge in [0.1, 0.15) is 5.82 Å². The van der Waals surface area contributed by atoms with Crippen LogP contribution in [0.15, 0.2) is 18.2 Å². The standard InChI is InChI=1S/C15H18F4N2O.ClH/c16-12-6-10(5-11(7-12)15(17,18)19)14(22)21-13-4-2-1-3-9(13)8-20;/h5-7,9,13H,1-4,8,20H2,(H,21,22);1H. The molecule has 0 heterocycles. The molecule has 1 aliphatic rings. The lowest BCUT2D eigenvalue weighted by Gasteiger charge is -2.31. The van der Waals surface area contributed by atoms with Crippen molar-refractivity contribution in [1.82, 2.24) is 5.32 Å². The first-order valence-corrected chi connectivity index (χ1v) is 7.20. The number of hydrogen-bond donors (Lipinski definition) is 2. The molecule has 0 saturated heterocycles. The van der Waals surface area contributed by atoms with E-state index in [1.54, 1.807) is 0 Å². The van der Waals surface area contributed by atoms with E-state index >= 15 is 0 Å². The summed E-state index contributed by atoms with van der Waals surface area (Å²) in [5, 5.41) is 2.69. The van der Waals surface area contributed by atoms with Crippen LogP contribution in [-0.4, -0.2) is 18.5 Å². The first-order chi connectivity index (χ1) is 10.3. The van der Waals surface area contributed by atoms with E-state index in [2.05, 4.69) is 5.32 Å². The van der Waals surface area contributed by atoms with Crippen LogP contribution in [0.4, 0.5) is 17.6 Å². The van der Waals surface area contributed by atoms with Gasteiger partial charge in [0.05, 0.1) is 5.56 Å². The minimum Gasteiger partial charge on any atom is -0.349 e. The van der Waals surface area contributed by atoms with Crippen LogP contribution in [0, 0.1) is 11.7 Å². The predicted molar refractivity (Wildman–Crippen MR) is 80.9 cm³/mol. The van der Waals surface area contributed by atoms with Crippen molar-refractivity contribution >= 4 is 18.3 Å². The van der Waals surface area contributed by atoms with Crippen LogP contribution < -0.4 is 11.1 Å². The number of amides is 1. The Morgan fingerprint density at radius 1 is 1.22 bits per heavy atom. The van der Waals surface area contributed by atoms with Crippen molar-refractivity contribution in [3.63, 3.8) is 0 Å². The van der Waals surface area contributed by atoms with Gasteiger partial charge in [-0.25, -0.2) is 4.39 Å². The summed E-state index contributed by atoms with van der Waals surface area (Å²) in [5.41, 5.74) is 4.16. The van der Waals surface area contributed by atoms with Crippen molar-refractivity contribution < 1.29 is 22.4 Å². The summed E-state index contributed by atoms with van der Waals surface area (Å²) in [5.74, 6) is -1.68. The topological polar surface area (TPSA) is 55.1 Å². The van der Waals surface area contributed by atoms with E-state index in [0.29, 0.717) is 18.7 Å². The highest BCUT2D eigenvalue weighted by Gasteiger charge is 2.32. The summed E-state index contributed by atoms with van der Waals surface area (Å²) in [6.07, 6.45) is -1.14. The lowest BCUT2D eigenvalue weighted by Crippen LogP contribution is -2.44. The zero-order valence-corrected chi connectivity index (χ0v) is 13.1. The lowest BCUT2D eigenvalue weighted by atomic mass is 9.84. The number of hydrogen-bond acceptors (Lipinski definition) is 2. The molecule has 8 heteroatoms. The smallest absolute Gasteiger partial charge is 0.349 e.